The summed E-state index contributed by atoms with van der Waals surface area (Å²) in [6, 6.07) is 16.5. The first-order valence-corrected chi connectivity index (χ1v) is 31.8. The van der Waals surface area contributed by atoms with Crippen LogP contribution in [0.5, 0.6) is 5.75 Å². The molecule has 1 saturated heterocycles. The molecule has 21 heteroatoms. The Morgan fingerprint density at radius 1 is 0.852 bits per heavy atom. The van der Waals surface area contributed by atoms with Gasteiger partial charge in [0.05, 0.1) is 53.2 Å². The van der Waals surface area contributed by atoms with E-state index < -0.39 is 15.9 Å². The van der Waals surface area contributed by atoms with Gasteiger partial charge >= 0.3 is 0 Å². The normalized spacial score (nSPS) is 26.2. The Labute approximate surface area is 481 Å². The van der Waals surface area contributed by atoms with Crippen LogP contribution >= 0.6 is 11.3 Å². The Morgan fingerprint density at radius 2 is 1.59 bits per heavy atom. The fourth-order valence-electron chi connectivity index (χ4n) is 12.8. The van der Waals surface area contributed by atoms with E-state index in [2.05, 4.69) is 61.0 Å². The van der Waals surface area contributed by atoms with Crippen molar-refractivity contribution in [3.05, 3.63) is 72.1 Å². The Bertz CT molecular complexity index is 2910. The van der Waals surface area contributed by atoms with E-state index in [1.165, 1.54) is 23.8 Å². The Kier molecular flexibility index (Phi) is 20.9. The molecule has 438 valence electrons. The summed E-state index contributed by atoms with van der Waals surface area (Å²) in [6.45, 7) is 2.56. The average molecular weight is 1150 g/mol. The van der Waals surface area contributed by atoms with Crippen LogP contribution in [0.15, 0.2) is 65.8 Å². The van der Waals surface area contributed by atoms with E-state index in [0.29, 0.717) is 74.9 Å². The highest BCUT2D eigenvalue weighted by molar-refractivity contribution is 7.93. The molecular weight excluding hydrogens is 1070 g/mol. The number of likely N-dealkylation sites (tertiary alicyclic amines) is 1. The number of carbonyl (C=O) groups is 4. The van der Waals surface area contributed by atoms with Crippen molar-refractivity contribution in [2.45, 2.75) is 163 Å². The van der Waals surface area contributed by atoms with Gasteiger partial charge in [-0.2, -0.15) is 5.26 Å². The number of nitrogens with zero attached hydrogens (tertiary/aromatic N) is 5. The van der Waals surface area contributed by atoms with Crippen molar-refractivity contribution in [1.29, 1.82) is 5.26 Å². The largest absolute Gasteiger partial charge is 0.493 e. The number of carbonyl (C=O) groups excluding carboxylic acids is 4. The molecule has 2 aromatic heterocycles. The van der Waals surface area contributed by atoms with Gasteiger partial charge in [-0.15, -0.1) is 0 Å². The van der Waals surface area contributed by atoms with E-state index in [1.807, 2.05) is 30.3 Å². The molecular formula is C60H82N10O9S2. The lowest BCUT2D eigenvalue weighted by atomic mass is 9.82. The van der Waals surface area contributed by atoms with Crippen molar-refractivity contribution >= 4 is 66.0 Å². The summed E-state index contributed by atoms with van der Waals surface area (Å²) in [5, 5.41) is 23.2. The van der Waals surface area contributed by atoms with Crippen molar-refractivity contribution in [2.75, 3.05) is 64.1 Å². The molecule has 1 aliphatic heterocycles. The zero-order valence-corrected chi connectivity index (χ0v) is 48.9. The molecule has 4 aromatic rings. The first-order valence-electron chi connectivity index (χ1n) is 29.5. The van der Waals surface area contributed by atoms with Crippen LogP contribution in [0.25, 0.3) is 10.2 Å². The highest BCUT2D eigenvalue weighted by atomic mass is 32.2. The van der Waals surface area contributed by atoms with Crippen LogP contribution in [0, 0.1) is 35.0 Å². The summed E-state index contributed by atoms with van der Waals surface area (Å²) in [4.78, 5) is 64.1. The zero-order chi connectivity index (χ0) is 56.9. The molecule has 0 bridgehead atoms. The minimum atomic E-state index is -4.10. The lowest BCUT2D eigenvalue weighted by Gasteiger charge is -2.37. The fraction of sp³-hybridized carbons (Fsp3) is 0.617. The van der Waals surface area contributed by atoms with Crippen molar-refractivity contribution < 1.29 is 41.8 Å². The van der Waals surface area contributed by atoms with Gasteiger partial charge in [0.2, 0.25) is 23.6 Å². The van der Waals surface area contributed by atoms with Gasteiger partial charge < -0.3 is 45.3 Å². The second-order valence-corrected chi connectivity index (χ2v) is 26.0. The Balaban J connectivity index is 0.595. The van der Waals surface area contributed by atoms with Gasteiger partial charge in [-0.3, -0.25) is 28.9 Å². The first kappa shape index (κ1) is 59.7. The van der Waals surface area contributed by atoms with Gasteiger partial charge in [-0.25, -0.2) is 13.4 Å². The maximum absolute atomic E-state index is 13.6. The van der Waals surface area contributed by atoms with Crippen molar-refractivity contribution in [3.8, 4) is 11.8 Å². The maximum atomic E-state index is 13.6. The van der Waals surface area contributed by atoms with E-state index in [-0.39, 0.29) is 81.9 Å². The summed E-state index contributed by atoms with van der Waals surface area (Å²) < 4.78 is 49.1. The molecule has 2 aromatic carbocycles. The number of benzene rings is 2. The number of pyridine rings is 1. The van der Waals surface area contributed by atoms with Crippen LogP contribution in [0.4, 0.5) is 10.8 Å². The number of ether oxygens (including phenoxy) is 3. The van der Waals surface area contributed by atoms with Crippen LogP contribution in [0.1, 0.15) is 139 Å². The minimum Gasteiger partial charge on any atom is -0.493 e. The summed E-state index contributed by atoms with van der Waals surface area (Å²) in [5.41, 5.74) is 2.29. The smallest absolute Gasteiger partial charge is 0.264 e. The third-order valence-electron chi connectivity index (χ3n) is 17.4. The zero-order valence-electron chi connectivity index (χ0n) is 47.2. The van der Waals surface area contributed by atoms with Gasteiger partial charge in [-0.1, -0.05) is 30.2 Å². The monoisotopic (exact) mass is 1150 g/mol. The molecule has 0 spiro atoms. The molecule has 9 rings (SSSR count). The number of likely N-dealkylation sites (N-methyl/N-ethyl adjacent to an activating group) is 1. The quantitative estimate of drug-likeness (QED) is 0.0417. The van der Waals surface area contributed by atoms with Crippen molar-refractivity contribution in [3.63, 3.8) is 0 Å². The van der Waals surface area contributed by atoms with E-state index in [9.17, 15) is 32.9 Å². The van der Waals surface area contributed by atoms with Gasteiger partial charge in [0.15, 0.2) is 5.13 Å². The number of rotatable bonds is 24. The summed E-state index contributed by atoms with van der Waals surface area (Å²) in [7, 11) is 1.78. The highest BCUT2D eigenvalue weighted by Crippen LogP contribution is 2.38. The molecule has 5 N–H and O–H groups in total. The maximum Gasteiger partial charge on any atom is 0.264 e. The number of nitriles is 1. The Hall–Kier alpha value is -5.92. The van der Waals surface area contributed by atoms with Crippen molar-refractivity contribution in [2.24, 2.45) is 23.7 Å². The van der Waals surface area contributed by atoms with E-state index in [4.69, 9.17) is 14.2 Å². The minimum absolute atomic E-state index is 0.0321. The van der Waals surface area contributed by atoms with Crippen LogP contribution in [0.3, 0.4) is 0 Å². The molecule has 4 saturated carbocycles. The van der Waals surface area contributed by atoms with E-state index >= 15 is 0 Å². The predicted octanol–water partition coefficient (Wildman–Crippen LogP) is 8.09. The number of thiazole rings is 1. The SMILES string of the molecule is CN(C)[C@@H]1CCCCC1Nc1ccc(S(=O)(=O)Nc2nc3ccc(OCC4CCC(CNC(=O)C5CCC(NC(=O)CCCOC6CCC(OCCNC(=O)[C@H]7CC(=O)N(C)[C@@H]7c7cccnc7)CC6)CC5)CC4)cc3s2)c(C#N)c1. The average Bonchev–Trinajstić information content (AvgIpc) is 4.27. The molecule has 1 unspecified atom stereocenters. The van der Waals surface area contributed by atoms with Crippen LogP contribution in [-0.2, 0) is 38.7 Å². The number of amides is 4. The molecule has 0 radical (unpaired) electrons. The standard InChI is InChI=1S/C60H82N10O9S2/c1-69(2)52-10-5-4-9-50(52)65-45-20-27-54(43(32-45)35-61)81(75,76)68-60-67-51-26-25-48(33-53(51)80-60)79-38-40-14-12-39(13-15-40)36-64-58(73)41-16-18-44(19-17-41)66-55(71)11-7-30-77-46-21-23-47(24-22-46)78-31-29-63-59(74)49-34-56(72)70(3)57(49)42-8-6-28-62-37-42/h6,8,20,25-28,32-33,37,39-41,44,46-47,49-50,52,57,65H,4-5,7,9-19,21-24,29-31,34,36,38H2,1-3H3,(H,63,74)(H,64,73)(H,66,71)(H,67,68)/t39?,40?,41?,44?,46?,47?,49-,50?,52+,57+/m0/s1. The van der Waals surface area contributed by atoms with E-state index in [0.717, 1.165) is 112 Å². The predicted molar refractivity (Wildman–Crippen MR) is 311 cm³/mol. The topological polar surface area (TPSA) is 246 Å². The molecule has 4 aliphatic carbocycles. The summed E-state index contributed by atoms with van der Waals surface area (Å²) >= 11 is 1.22. The van der Waals surface area contributed by atoms with E-state index in [1.54, 1.807) is 36.5 Å². The summed E-state index contributed by atoms with van der Waals surface area (Å²) in [6.07, 6.45) is 20.0. The number of anilines is 2. The second-order valence-electron chi connectivity index (χ2n) is 23.3. The molecule has 19 nitrogen and oxygen atoms in total. The molecule has 3 heterocycles. The highest BCUT2D eigenvalue weighted by Gasteiger charge is 2.43. The van der Waals surface area contributed by atoms with Gasteiger partial charge in [0, 0.05) is 81.7 Å². The Morgan fingerprint density at radius 3 is 2.32 bits per heavy atom. The second kappa shape index (κ2) is 28.4. The van der Waals surface area contributed by atoms with Gasteiger partial charge in [0.1, 0.15) is 16.7 Å². The number of hydrogen-bond acceptors (Lipinski definition) is 15. The number of nitrogens with one attached hydrogen (secondary N) is 5. The lowest BCUT2D eigenvalue weighted by molar-refractivity contribution is -0.128. The van der Waals surface area contributed by atoms with Crippen LogP contribution in [0.2, 0.25) is 0 Å². The van der Waals surface area contributed by atoms with Crippen LogP contribution < -0.4 is 30.7 Å². The third kappa shape index (κ3) is 16.2. The first-order chi connectivity index (χ1) is 39.2. The lowest BCUT2D eigenvalue weighted by Crippen LogP contribution is -2.45. The fourth-order valence-corrected chi connectivity index (χ4v) is 15.0. The van der Waals surface area contributed by atoms with Crippen molar-refractivity contribution in [1.82, 2.24) is 35.7 Å². The molecule has 4 amide bonds. The summed E-state index contributed by atoms with van der Waals surface area (Å²) in [5.74, 6) is 0.953. The van der Waals surface area contributed by atoms with Crippen LogP contribution in [-0.4, -0.2) is 136 Å². The van der Waals surface area contributed by atoms with Gasteiger partial charge in [-0.05, 0) is 170 Å². The number of fused-ring (bicyclic) bond motifs is 1. The third-order valence-corrected chi connectivity index (χ3v) is 19.9. The molecule has 4 atom stereocenters. The number of aromatic nitrogens is 2. The number of hydrogen-bond donors (Lipinski definition) is 5. The molecule has 5 aliphatic rings. The molecule has 81 heavy (non-hydrogen) atoms. The number of sulfonamides is 1. The van der Waals surface area contributed by atoms with Gasteiger partial charge in [0.25, 0.3) is 10.0 Å². The molecule has 5 fully saturated rings.